The zero-order valence-corrected chi connectivity index (χ0v) is 8.13. The van der Waals surface area contributed by atoms with E-state index in [4.69, 9.17) is 5.26 Å². The fourth-order valence-corrected chi connectivity index (χ4v) is 1.05. The second kappa shape index (κ2) is 4.78. The maximum absolute atomic E-state index is 8.53. The van der Waals surface area contributed by atoms with Crippen LogP contribution in [-0.4, -0.2) is 11.9 Å². The summed E-state index contributed by atoms with van der Waals surface area (Å²) >= 11 is 3.32. The van der Waals surface area contributed by atoms with E-state index in [-0.39, 0.29) is 0 Å². The van der Waals surface area contributed by atoms with Crippen molar-refractivity contribution in [3.05, 3.63) is 29.8 Å². The highest BCUT2D eigenvalue weighted by molar-refractivity contribution is 9.09. The van der Waals surface area contributed by atoms with E-state index in [9.17, 15) is 0 Å². The third kappa shape index (κ3) is 2.55. The van der Waals surface area contributed by atoms with Crippen LogP contribution >= 0.6 is 15.9 Å². The molecule has 0 heterocycles. The number of nitrogens with one attached hydrogen (secondary N) is 1. The molecule has 0 saturated heterocycles. The van der Waals surface area contributed by atoms with Gasteiger partial charge in [-0.2, -0.15) is 5.26 Å². The molecular formula is C9H9BrN2. The van der Waals surface area contributed by atoms with Gasteiger partial charge in [0.15, 0.2) is 0 Å². The van der Waals surface area contributed by atoms with E-state index >= 15 is 0 Å². The number of hydrogen-bond donors (Lipinski definition) is 1. The van der Waals surface area contributed by atoms with Gasteiger partial charge in [-0.25, -0.2) is 0 Å². The second-order valence-corrected chi connectivity index (χ2v) is 3.10. The Balaban J connectivity index is 2.60. The van der Waals surface area contributed by atoms with Gasteiger partial charge >= 0.3 is 0 Å². The van der Waals surface area contributed by atoms with Crippen molar-refractivity contribution in [3.63, 3.8) is 0 Å². The summed E-state index contributed by atoms with van der Waals surface area (Å²) in [6.45, 7) is 0.895. The van der Waals surface area contributed by atoms with Crippen LogP contribution in [0.4, 0.5) is 5.69 Å². The van der Waals surface area contributed by atoms with Crippen molar-refractivity contribution in [3.8, 4) is 6.07 Å². The lowest BCUT2D eigenvalue weighted by Crippen LogP contribution is -2.01. The number of halogens is 1. The third-order valence-corrected chi connectivity index (χ3v) is 1.83. The number of alkyl halides is 1. The molecule has 0 unspecified atom stereocenters. The van der Waals surface area contributed by atoms with Crippen molar-refractivity contribution in [2.24, 2.45) is 0 Å². The Morgan fingerprint density at radius 3 is 2.50 bits per heavy atom. The third-order valence-electron chi connectivity index (χ3n) is 1.44. The molecule has 12 heavy (non-hydrogen) atoms. The van der Waals surface area contributed by atoms with E-state index in [1.54, 1.807) is 12.1 Å². The maximum Gasteiger partial charge on any atom is 0.0991 e. The first-order valence-corrected chi connectivity index (χ1v) is 4.79. The number of hydrogen-bond acceptors (Lipinski definition) is 2. The van der Waals surface area contributed by atoms with Gasteiger partial charge in [-0.1, -0.05) is 15.9 Å². The van der Waals surface area contributed by atoms with Crippen LogP contribution in [0.3, 0.4) is 0 Å². The van der Waals surface area contributed by atoms with Gasteiger partial charge in [-0.05, 0) is 24.3 Å². The Labute approximate surface area is 80.3 Å². The molecule has 1 aromatic carbocycles. The van der Waals surface area contributed by atoms with E-state index in [1.807, 2.05) is 12.1 Å². The highest BCUT2D eigenvalue weighted by Crippen LogP contribution is 2.07. The van der Waals surface area contributed by atoms with Crippen molar-refractivity contribution >= 4 is 21.6 Å². The van der Waals surface area contributed by atoms with Crippen LogP contribution in [0.15, 0.2) is 24.3 Å². The van der Waals surface area contributed by atoms with Crippen LogP contribution in [0.1, 0.15) is 5.56 Å². The van der Waals surface area contributed by atoms with Gasteiger partial charge in [0.2, 0.25) is 0 Å². The minimum absolute atomic E-state index is 0.694. The van der Waals surface area contributed by atoms with Crippen molar-refractivity contribution in [2.45, 2.75) is 0 Å². The summed E-state index contributed by atoms with van der Waals surface area (Å²) in [6.07, 6.45) is 0. The first-order valence-electron chi connectivity index (χ1n) is 3.67. The molecular weight excluding hydrogens is 216 g/mol. The molecule has 0 bridgehead atoms. The van der Waals surface area contributed by atoms with Crippen LogP contribution in [0.5, 0.6) is 0 Å². The largest absolute Gasteiger partial charge is 0.384 e. The van der Waals surface area contributed by atoms with Crippen LogP contribution in [0.25, 0.3) is 0 Å². The Bertz CT molecular complexity index is 274. The Hall–Kier alpha value is -1.01. The summed E-state index contributed by atoms with van der Waals surface area (Å²) in [4.78, 5) is 0. The number of anilines is 1. The molecule has 0 amide bonds. The van der Waals surface area contributed by atoms with Gasteiger partial charge < -0.3 is 5.32 Å². The topological polar surface area (TPSA) is 35.8 Å². The van der Waals surface area contributed by atoms with Crippen molar-refractivity contribution < 1.29 is 0 Å². The molecule has 2 nitrogen and oxygen atoms in total. The zero-order valence-electron chi connectivity index (χ0n) is 6.55. The molecule has 0 aliphatic carbocycles. The smallest absolute Gasteiger partial charge is 0.0991 e. The fourth-order valence-electron chi connectivity index (χ4n) is 0.854. The maximum atomic E-state index is 8.53. The summed E-state index contributed by atoms with van der Waals surface area (Å²) in [6, 6.07) is 9.49. The molecule has 0 saturated carbocycles. The van der Waals surface area contributed by atoms with Crippen molar-refractivity contribution in [1.82, 2.24) is 0 Å². The zero-order chi connectivity index (χ0) is 8.81. The molecule has 0 aliphatic rings. The Morgan fingerprint density at radius 2 is 2.00 bits per heavy atom. The summed E-state index contributed by atoms with van der Waals surface area (Å²) in [5.41, 5.74) is 1.74. The highest BCUT2D eigenvalue weighted by Gasteiger charge is 1.90. The van der Waals surface area contributed by atoms with E-state index in [2.05, 4.69) is 27.3 Å². The summed E-state index contributed by atoms with van der Waals surface area (Å²) in [5.74, 6) is 0. The lowest BCUT2D eigenvalue weighted by Gasteiger charge is -2.02. The van der Waals surface area contributed by atoms with Crippen LogP contribution < -0.4 is 5.32 Å². The predicted octanol–water partition coefficient (Wildman–Crippen LogP) is 2.37. The van der Waals surface area contributed by atoms with E-state index in [0.717, 1.165) is 17.6 Å². The average molecular weight is 225 g/mol. The number of nitrogens with zero attached hydrogens (tertiary/aromatic N) is 1. The number of rotatable bonds is 3. The average Bonchev–Trinajstić information content (AvgIpc) is 2.15. The molecule has 0 atom stereocenters. The SMILES string of the molecule is N#Cc1ccc(NCCBr)cc1. The standard InChI is InChI=1S/C9H9BrN2/c10-5-6-12-9-3-1-8(7-11)2-4-9/h1-4,12H,5-6H2. The van der Waals surface area contributed by atoms with Gasteiger partial charge in [-0.3, -0.25) is 0 Å². The lowest BCUT2D eigenvalue weighted by molar-refractivity contribution is 1.24. The van der Waals surface area contributed by atoms with Crippen LogP contribution in [0.2, 0.25) is 0 Å². The first-order chi connectivity index (χ1) is 5.86. The molecule has 0 fully saturated rings. The fraction of sp³-hybridized carbons (Fsp3) is 0.222. The molecule has 0 spiro atoms. The van der Waals surface area contributed by atoms with E-state index in [1.165, 1.54) is 0 Å². The Morgan fingerprint density at radius 1 is 1.33 bits per heavy atom. The van der Waals surface area contributed by atoms with Gasteiger partial charge in [0.1, 0.15) is 0 Å². The molecule has 0 aromatic heterocycles. The highest BCUT2D eigenvalue weighted by atomic mass is 79.9. The van der Waals surface area contributed by atoms with Gasteiger partial charge in [-0.15, -0.1) is 0 Å². The van der Waals surface area contributed by atoms with Crippen LogP contribution in [0, 0.1) is 11.3 Å². The van der Waals surface area contributed by atoms with Crippen molar-refractivity contribution in [1.29, 1.82) is 5.26 Å². The van der Waals surface area contributed by atoms with Gasteiger partial charge in [0.05, 0.1) is 11.6 Å². The molecule has 1 N–H and O–H groups in total. The Kier molecular flexibility index (Phi) is 3.62. The lowest BCUT2D eigenvalue weighted by atomic mass is 10.2. The number of nitriles is 1. The predicted molar refractivity (Wildman–Crippen MR) is 53.4 cm³/mol. The summed E-state index contributed by atoms with van der Waals surface area (Å²) < 4.78 is 0. The molecule has 1 aromatic rings. The van der Waals surface area contributed by atoms with Crippen LogP contribution in [-0.2, 0) is 0 Å². The number of benzene rings is 1. The summed E-state index contributed by atoms with van der Waals surface area (Å²) in [7, 11) is 0. The van der Waals surface area contributed by atoms with Crippen molar-refractivity contribution in [2.75, 3.05) is 17.2 Å². The van der Waals surface area contributed by atoms with Gasteiger partial charge in [0, 0.05) is 17.6 Å². The van der Waals surface area contributed by atoms with E-state index < -0.39 is 0 Å². The molecule has 62 valence electrons. The van der Waals surface area contributed by atoms with E-state index in [0.29, 0.717) is 5.56 Å². The molecule has 1 rings (SSSR count). The molecule has 0 aliphatic heterocycles. The molecule has 0 radical (unpaired) electrons. The second-order valence-electron chi connectivity index (χ2n) is 2.30. The minimum atomic E-state index is 0.694. The quantitative estimate of drug-likeness (QED) is 0.801. The summed E-state index contributed by atoms with van der Waals surface area (Å²) in [5, 5.41) is 12.6. The monoisotopic (exact) mass is 224 g/mol. The minimum Gasteiger partial charge on any atom is -0.384 e. The normalized spacial score (nSPS) is 9.00. The first kappa shape index (κ1) is 9.08. The van der Waals surface area contributed by atoms with Gasteiger partial charge in [0.25, 0.3) is 0 Å². The molecule has 3 heteroatoms.